The van der Waals surface area contributed by atoms with Crippen LogP contribution >= 0.6 is 0 Å². The van der Waals surface area contributed by atoms with E-state index >= 15 is 0 Å². The zero-order valence-electron chi connectivity index (χ0n) is 23.3. The van der Waals surface area contributed by atoms with Gasteiger partial charge in [-0.2, -0.15) is 0 Å². The van der Waals surface area contributed by atoms with Crippen LogP contribution in [0.15, 0.2) is 18.2 Å². The van der Waals surface area contributed by atoms with Crippen LogP contribution in [-0.2, 0) is 30.3 Å². The summed E-state index contributed by atoms with van der Waals surface area (Å²) in [6, 6.07) is 4.66. The van der Waals surface area contributed by atoms with Gasteiger partial charge in [-0.3, -0.25) is 19.7 Å². The first kappa shape index (κ1) is 30.1. The normalized spacial score (nSPS) is 16.9. The van der Waals surface area contributed by atoms with Crippen LogP contribution in [0.25, 0.3) is 0 Å². The molecule has 0 radical (unpaired) electrons. The number of amides is 4. The van der Waals surface area contributed by atoms with Crippen molar-refractivity contribution in [3.8, 4) is 11.8 Å². The van der Waals surface area contributed by atoms with Gasteiger partial charge < -0.3 is 24.0 Å². The predicted octanol–water partition coefficient (Wildman–Crippen LogP) is 2.87. The highest BCUT2D eigenvalue weighted by molar-refractivity contribution is 6.05. The molecule has 3 rings (SSSR count). The van der Waals surface area contributed by atoms with E-state index in [1.54, 1.807) is 17.0 Å². The van der Waals surface area contributed by atoms with E-state index in [0.717, 1.165) is 12.0 Å². The van der Waals surface area contributed by atoms with Crippen LogP contribution in [0.1, 0.15) is 74.9 Å². The summed E-state index contributed by atoms with van der Waals surface area (Å²) in [5.74, 6) is 5.25. The summed E-state index contributed by atoms with van der Waals surface area (Å²) < 4.78 is 16.6. The highest BCUT2D eigenvalue weighted by atomic mass is 16.6. The van der Waals surface area contributed by atoms with Gasteiger partial charge in [0.1, 0.15) is 11.6 Å². The number of benzene rings is 1. The largest absolute Gasteiger partial charge is 0.444 e. The molecule has 0 spiro atoms. The lowest BCUT2D eigenvalue weighted by Crippen LogP contribution is -2.52. The van der Waals surface area contributed by atoms with E-state index in [9.17, 15) is 19.2 Å². The summed E-state index contributed by atoms with van der Waals surface area (Å²) in [5, 5.41) is 2.32. The van der Waals surface area contributed by atoms with Gasteiger partial charge in [0.15, 0.2) is 0 Å². The summed E-state index contributed by atoms with van der Waals surface area (Å²) in [6.45, 7) is 10.5. The minimum absolute atomic E-state index is 0.203. The second kappa shape index (κ2) is 14.1. The van der Waals surface area contributed by atoms with E-state index in [2.05, 4.69) is 17.2 Å². The van der Waals surface area contributed by atoms with Crippen molar-refractivity contribution in [3.05, 3.63) is 34.9 Å². The van der Waals surface area contributed by atoms with Crippen molar-refractivity contribution in [2.24, 2.45) is 0 Å². The van der Waals surface area contributed by atoms with E-state index in [-0.39, 0.29) is 24.8 Å². The third-order valence-corrected chi connectivity index (χ3v) is 6.19. The Morgan fingerprint density at radius 1 is 1.10 bits per heavy atom. The molecular formula is C29H39N3O7. The molecule has 10 nitrogen and oxygen atoms in total. The van der Waals surface area contributed by atoms with E-state index in [0.29, 0.717) is 63.5 Å². The first-order chi connectivity index (χ1) is 18.6. The van der Waals surface area contributed by atoms with E-state index < -0.39 is 23.6 Å². The first-order valence-electron chi connectivity index (χ1n) is 13.5. The van der Waals surface area contributed by atoms with Crippen LogP contribution < -0.4 is 5.32 Å². The summed E-state index contributed by atoms with van der Waals surface area (Å²) >= 11 is 0. The van der Waals surface area contributed by atoms with Gasteiger partial charge in [-0.25, -0.2) is 4.79 Å². The average Bonchev–Trinajstić information content (AvgIpc) is 3.20. The number of carbonyl (C=O) groups is 4. The first-order valence-corrected chi connectivity index (χ1v) is 13.5. The highest BCUT2D eigenvalue weighted by Gasteiger charge is 2.39. The maximum Gasteiger partial charge on any atom is 0.410 e. The Morgan fingerprint density at radius 2 is 1.85 bits per heavy atom. The molecule has 0 saturated carbocycles. The van der Waals surface area contributed by atoms with Gasteiger partial charge in [-0.15, -0.1) is 0 Å². The van der Waals surface area contributed by atoms with Crippen LogP contribution in [0.5, 0.6) is 0 Å². The summed E-state index contributed by atoms with van der Waals surface area (Å²) in [5.41, 5.74) is 1.36. The van der Waals surface area contributed by atoms with E-state index in [4.69, 9.17) is 14.2 Å². The lowest BCUT2D eigenvalue weighted by molar-refractivity contribution is -0.136. The third kappa shape index (κ3) is 8.80. The van der Waals surface area contributed by atoms with Crippen molar-refractivity contribution in [2.45, 2.75) is 71.6 Å². The van der Waals surface area contributed by atoms with Gasteiger partial charge in [-0.1, -0.05) is 24.8 Å². The standard InChI is InChI=1S/C29H39N3O7/c1-5-16-37-18-19-38-17-15-31(28(36)39-29(2,3)4)14-7-6-9-21-10-8-11-22-23(21)20-32(27(22)35)24-12-13-25(33)30-26(24)34/h8,10-11,24H,5,7,12-20H2,1-4H3,(H,30,33,34). The van der Waals surface area contributed by atoms with Crippen molar-refractivity contribution < 1.29 is 33.4 Å². The van der Waals surface area contributed by atoms with E-state index in [1.165, 1.54) is 4.90 Å². The van der Waals surface area contributed by atoms with Gasteiger partial charge in [0.2, 0.25) is 11.8 Å². The molecule has 10 heteroatoms. The molecule has 2 heterocycles. The highest BCUT2D eigenvalue weighted by Crippen LogP contribution is 2.29. The third-order valence-electron chi connectivity index (χ3n) is 6.19. The fourth-order valence-corrected chi connectivity index (χ4v) is 4.31. The Labute approximate surface area is 230 Å². The topological polar surface area (TPSA) is 114 Å². The van der Waals surface area contributed by atoms with Crippen molar-refractivity contribution in [1.82, 2.24) is 15.1 Å². The molecule has 0 aliphatic carbocycles. The Morgan fingerprint density at radius 3 is 2.54 bits per heavy atom. The molecule has 4 amide bonds. The van der Waals surface area contributed by atoms with Crippen LogP contribution in [0.4, 0.5) is 4.79 Å². The number of hydrogen-bond acceptors (Lipinski definition) is 7. The van der Waals surface area contributed by atoms with Crippen molar-refractivity contribution in [3.63, 3.8) is 0 Å². The van der Waals surface area contributed by atoms with Gasteiger partial charge in [0.25, 0.3) is 5.91 Å². The van der Waals surface area contributed by atoms with Gasteiger partial charge >= 0.3 is 6.09 Å². The summed E-state index contributed by atoms with van der Waals surface area (Å²) in [6.07, 6.45) is 1.43. The molecule has 2 aliphatic rings. The number of ether oxygens (including phenoxy) is 3. The van der Waals surface area contributed by atoms with E-state index in [1.807, 2.05) is 33.8 Å². The zero-order chi connectivity index (χ0) is 28.4. The van der Waals surface area contributed by atoms with Gasteiger partial charge in [0.05, 0.1) is 19.8 Å². The minimum atomic E-state index is -0.675. The van der Waals surface area contributed by atoms with Gasteiger partial charge in [0, 0.05) is 50.2 Å². The summed E-state index contributed by atoms with van der Waals surface area (Å²) in [4.78, 5) is 52.7. The molecule has 1 atom stereocenters. The zero-order valence-corrected chi connectivity index (χ0v) is 23.3. The SMILES string of the molecule is CCCOCCOCCN(CCC#Cc1cccc2c1CN(C1CCC(=O)NC1=O)C2=O)C(=O)OC(C)(C)C. The Kier molecular flexibility index (Phi) is 10.9. The molecule has 212 valence electrons. The number of imide groups is 1. The Bertz CT molecular complexity index is 1120. The lowest BCUT2D eigenvalue weighted by atomic mass is 10.0. The predicted molar refractivity (Wildman–Crippen MR) is 144 cm³/mol. The number of rotatable bonds is 11. The van der Waals surface area contributed by atoms with Crippen LogP contribution in [-0.4, -0.2) is 84.8 Å². The summed E-state index contributed by atoms with van der Waals surface area (Å²) in [7, 11) is 0. The van der Waals surface area contributed by atoms with Crippen molar-refractivity contribution in [1.29, 1.82) is 0 Å². The number of nitrogens with one attached hydrogen (secondary N) is 1. The number of fused-ring (bicyclic) bond motifs is 1. The average molecular weight is 542 g/mol. The minimum Gasteiger partial charge on any atom is -0.444 e. The number of hydrogen-bond donors (Lipinski definition) is 1. The Hall–Kier alpha value is -3.42. The fraction of sp³-hybridized carbons (Fsp3) is 0.586. The molecule has 1 saturated heterocycles. The second-order valence-corrected chi connectivity index (χ2v) is 10.5. The molecule has 1 aromatic carbocycles. The van der Waals surface area contributed by atoms with Gasteiger partial charge in [-0.05, 0) is 51.3 Å². The van der Waals surface area contributed by atoms with Crippen LogP contribution in [0.2, 0.25) is 0 Å². The molecular weight excluding hydrogens is 502 g/mol. The smallest absolute Gasteiger partial charge is 0.410 e. The molecule has 1 N–H and O–H groups in total. The number of carbonyl (C=O) groups excluding carboxylic acids is 4. The molecule has 1 fully saturated rings. The maximum absolute atomic E-state index is 13.0. The number of piperidine rings is 1. The number of nitrogens with zero attached hydrogens (tertiary/aromatic N) is 2. The monoisotopic (exact) mass is 541 g/mol. The maximum atomic E-state index is 13.0. The molecule has 0 aromatic heterocycles. The second-order valence-electron chi connectivity index (χ2n) is 10.5. The van der Waals surface area contributed by atoms with Crippen molar-refractivity contribution in [2.75, 3.05) is 39.5 Å². The molecule has 1 aromatic rings. The molecule has 0 bridgehead atoms. The Balaban J connectivity index is 1.60. The fourth-order valence-electron chi connectivity index (χ4n) is 4.31. The van der Waals surface area contributed by atoms with Crippen LogP contribution in [0.3, 0.4) is 0 Å². The molecule has 39 heavy (non-hydrogen) atoms. The molecule has 1 unspecified atom stereocenters. The quantitative estimate of drug-likeness (QED) is 0.260. The molecule has 2 aliphatic heterocycles. The van der Waals surface area contributed by atoms with Crippen LogP contribution in [0, 0.1) is 11.8 Å². The lowest BCUT2D eigenvalue weighted by Gasteiger charge is -2.29. The van der Waals surface area contributed by atoms with Crippen molar-refractivity contribution >= 4 is 23.8 Å².